The lowest BCUT2D eigenvalue weighted by atomic mass is 10.1. The molecule has 2 aromatic rings. The van der Waals surface area contributed by atoms with E-state index in [1.807, 2.05) is 31.3 Å². The molecular formula is C17H22N2O3S. The molecule has 23 heavy (non-hydrogen) atoms. The molecule has 0 fully saturated rings. The average Bonchev–Trinajstić information content (AvgIpc) is 2.88. The lowest BCUT2D eigenvalue weighted by Gasteiger charge is -2.17. The topological polar surface area (TPSA) is 82.2 Å². The quantitative estimate of drug-likeness (QED) is 0.679. The van der Waals surface area contributed by atoms with Crippen LogP contribution < -0.4 is 5.32 Å². The Labute approximate surface area is 139 Å². The summed E-state index contributed by atoms with van der Waals surface area (Å²) in [5.41, 5.74) is 2.20. The number of benzene rings is 1. The smallest absolute Gasteiger partial charge is 0.322 e. The maximum Gasteiger partial charge on any atom is 0.322 e. The number of thioether (sulfide) groups is 1. The van der Waals surface area contributed by atoms with Crippen LogP contribution in [0.2, 0.25) is 0 Å². The largest absolute Gasteiger partial charge is 0.480 e. The minimum absolute atomic E-state index is 0.228. The van der Waals surface area contributed by atoms with Crippen molar-refractivity contribution in [3.8, 4) is 0 Å². The third kappa shape index (κ3) is 4.51. The highest BCUT2D eigenvalue weighted by molar-refractivity contribution is 8.00. The number of amides is 1. The summed E-state index contributed by atoms with van der Waals surface area (Å²) >= 11 is 1.49. The van der Waals surface area contributed by atoms with Crippen LogP contribution in [0.3, 0.4) is 0 Å². The van der Waals surface area contributed by atoms with Crippen molar-refractivity contribution in [2.45, 2.75) is 37.3 Å². The number of fused-ring (bicyclic) bond motifs is 1. The molecule has 0 saturated carbocycles. The predicted molar refractivity (Wildman–Crippen MR) is 92.8 cm³/mol. The maximum absolute atomic E-state index is 12.3. The normalized spacial score (nSPS) is 12.5. The molecule has 124 valence electrons. The number of carbonyl (C=O) groups excluding carboxylic acids is 1. The van der Waals surface area contributed by atoms with Gasteiger partial charge in [0.1, 0.15) is 6.54 Å². The zero-order chi connectivity index (χ0) is 17.0. The summed E-state index contributed by atoms with van der Waals surface area (Å²) in [7, 11) is 0. The number of carbonyl (C=O) groups is 2. The molecule has 1 aromatic heterocycles. The Morgan fingerprint density at radius 2 is 2.09 bits per heavy atom. The number of aromatic nitrogens is 1. The Balaban J connectivity index is 2.22. The standard InChI is InChI=1S/C17H22N2O3S/c1-10(2)7-13(17(22)19-9-15(20)21)23-14-8-18-12-6-4-5-11(3)16(12)14/h4-6,8,10,13,18H,7,9H2,1-3H3,(H,19,22)(H,20,21)/t13-/m1/s1. The average molecular weight is 334 g/mol. The van der Waals surface area contributed by atoms with E-state index in [2.05, 4.69) is 24.1 Å². The summed E-state index contributed by atoms with van der Waals surface area (Å²) in [4.78, 5) is 27.2. The monoisotopic (exact) mass is 334 g/mol. The van der Waals surface area contributed by atoms with E-state index < -0.39 is 5.97 Å². The number of carboxylic acid groups (broad SMARTS) is 1. The van der Waals surface area contributed by atoms with E-state index in [-0.39, 0.29) is 17.7 Å². The van der Waals surface area contributed by atoms with Gasteiger partial charge >= 0.3 is 5.97 Å². The second kappa shape index (κ2) is 7.55. The van der Waals surface area contributed by atoms with E-state index in [0.717, 1.165) is 21.4 Å². The van der Waals surface area contributed by atoms with Crippen LogP contribution in [0.15, 0.2) is 29.3 Å². The van der Waals surface area contributed by atoms with Crippen LogP contribution in [-0.4, -0.2) is 33.8 Å². The zero-order valence-electron chi connectivity index (χ0n) is 13.6. The van der Waals surface area contributed by atoms with Gasteiger partial charge in [-0.2, -0.15) is 0 Å². The lowest BCUT2D eigenvalue weighted by Crippen LogP contribution is -2.36. The summed E-state index contributed by atoms with van der Waals surface area (Å²) in [5, 5.41) is 12.0. The third-order valence-electron chi connectivity index (χ3n) is 3.54. The van der Waals surface area contributed by atoms with Gasteiger partial charge in [0.25, 0.3) is 0 Å². The number of nitrogens with one attached hydrogen (secondary N) is 2. The van der Waals surface area contributed by atoms with E-state index in [0.29, 0.717) is 12.3 Å². The second-order valence-electron chi connectivity index (χ2n) is 6.00. The molecule has 0 aliphatic heterocycles. The molecule has 6 heteroatoms. The number of aromatic amines is 1. The summed E-state index contributed by atoms with van der Waals surface area (Å²) in [6, 6.07) is 6.05. The minimum atomic E-state index is -1.03. The molecule has 1 heterocycles. The molecule has 0 radical (unpaired) electrons. The summed E-state index contributed by atoms with van der Waals surface area (Å²) in [6.07, 6.45) is 2.61. The van der Waals surface area contributed by atoms with Gasteiger partial charge in [-0.05, 0) is 30.9 Å². The van der Waals surface area contributed by atoms with Crippen LogP contribution in [-0.2, 0) is 9.59 Å². The molecule has 0 aliphatic rings. The number of hydrogen-bond donors (Lipinski definition) is 3. The van der Waals surface area contributed by atoms with E-state index in [1.165, 1.54) is 11.8 Å². The fraction of sp³-hybridized carbons (Fsp3) is 0.412. The first-order valence-corrected chi connectivity index (χ1v) is 8.49. The van der Waals surface area contributed by atoms with Gasteiger partial charge < -0.3 is 15.4 Å². The minimum Gasteiger partial charge on any atom is -0.480 e. The van der Waals surface area contributed by atoms with E-state index in [4.69, 9.17) is 5.11 Å². The highest BCUT2D eigenvalue weighted by Gasteiger charge is 2.23. The predicted octanol–water partition coefficient (Wildman–Crippen LogP) is 3.18. The van der Waals surface area contributed by atoms with Gasteiger partial charge in [0.2, 0.25) is 5.91 Å². The first kappa shape index (κ1) is 17.4. The van der Waals surface area contributed by atoms with E-state index in [1.54, 1.807) is 0 Å². The van der Waals surface area contributed by atoms with Gasteiger partial charge in [-0.3, -0.25) is 9.59 Å². The van der Waals surface area contributed by atoms with Crippen LogP contribution in [0.25, 0.3) is 10.9 Å². The van der Waals surface area contributed by atoms with Crippen molar-refractivity contribution in [1.82, 2.24) is 10.3 Å². The van der Waals surface area contributed by atoms with E-state index in [9.17, 15) is 9.59 Å². The molecule has 1 amide bonds. The van der Waals surface area contributed by atoms with Crippen molar-refractivity contribution in [2.75, 3.05) is 6.54 Å². The Kier molecular flexibility index (Phi) is 5.71. The van der Waals surface area contributed by atoms with Crippen LogP contribution in [0, 0.1) is 12.8 Å². The summed E-state index contributed by atoms with van der Waals surface area (Å²) in [5.74, 6) is -0.919. The molecule has 5 nitrogen and oxygen atoms in total. The summed E-state index contributed by atoms with van der Waals surface area (Å²) < 4.78 is 0. The molecule has 1 aromatic carbocycles. The lowest BCUT2D eigenvalue weighted by molar-refractivity contribution is -0.137. The number of H-pyrrole nitrogens is 1. The van der Waals surface area contributed by atoms with Crippen LogP contribution >= 0.6 is 11.8 Å². The molecule has 3 N–H and O–H groups in total. The molecule has 0 aliphatic carbocycles. The summed E-state index contributed by atoms with van der Waals surface area (Å²) in [6.45, 7) is 5.81. The van der Waals surface area contributed by atoms with Crippen LogP contribution in [0.1, 0.15) is 25.8 Å². The molecule has 0 bridgehead atoms. The number of carboxylic acids is 1. The van der Waals surface area contributed by atoms with Crippen molar-refractivity contribution in [3.63, 3.8) is 0 Å². The molecule has 0 saturated heterocycles. The number of hydrogen-bond acceptors (Lipinski definition) is 3. The Hall–Kier alpha value is -1.95. The van der Waals surface area contributed by atoms with Gasteiger partial charge in [0.15, 0.2) is 0 Å². The Bertz CT molecular complexity index is 709. The highest BCUT2D eigenvalue weighted by Crippen LogP contribution is 2.35. The Morgan fingerprint density at radius 1 is 1.35 bits per heavy atom. The van der Waals surface area contributed by atoms with Crippen LogP contribution in [0.4, 0.5) is 0 Å². The highest BCUT2D eigenvalue weighted by atomic mass is 32.2. The van der Waals surface area contributed by atoms with Crippen LogP contribution in [0.5, 0.6) is 0 Å². The molecular weight excluding hydrogens is 312 g/mol. The van der Waals surface area contributed by atoms with Gasteiger partial charge in [0, 0.05) is 22.0 Å². The van der Waals surface area contributed by atoms with Gasteiger partial charge in [0.05, 0.1) is 5.25 Å². The van der Waals surface area contributed by atoms with Crippen molar-refractivity contribution >= 4 is 34.5 Å². The van der Waals surface area contributed by atoms with E-state index >= 15 is 0 Å². The maximum atomic E-state index is 12.3. The van der Waals surface area contributed by atoms with Gasteiger partial charge in [-0.15, -0.1) is 11.8 Å². The fourth-order valence-corrected chi connectivity index (χ4v) is 3.98. The van der Waals surface area contributed by atoms with Crippen molar-refractivity contribution in [3.05, 3.63) is 30.0 Å². The molecule has 0 unspecified atom stereocenters. The first-order chi connectivity index (χ1) is 10.9. The SMILES string of the molecule is Cc1cccc2[nH]cc(S[C@H](CC(C)C)C(=O)NCC(=O)O)c12. The number of aryl methyl sites for hydroxylation is 1. The molecule has 0 spiro atoms. The number of aliphatic carboxylic acids is 1. The fourth-order valence-electron chi connectivity index (χ4n) is 2.49. The zero-order valence-corrected chi connectivity index (χ0v) is 14.4. The van der Waals surface area contributed by atoms with Crippen molar-refractivity contribution in [2.24, 2.45) is 5.92 Å². The van der Waals surface area contributed by atoms with Gasteiger partial charge in [-0.25, -0.2) is 0 Å². The van der Waals surface area contributed by atoms with Crippen molar-refractivity contribution in [1.29, 1.82) is 0 Å². The number of rotatable bonds is 7. The first-order valence-electron chi connectivity index (χ1n) is 7.61. The third-order valence-corrected chi connectivity index (χ3v) is 4.81. The second-order valence-corrected chi connectivity index (χ2v) is 7.24. The van der Waals surface area contributed by atoms with Gasteiger partial charge in [-0.1, -0.05) is 26.0 Å². The van der Waals surface area contributed by atoms with Crippen molar-refractivity contribution < 1.29 is 14.7 Å². The molecule has 2 rings (SSSR count). The molecule has 1 atom stereocenters. The Morgan fingerprint density at radius 3 is 2.74 bits per heavy atom.